The van der Waals surface area contributed by atoms with E-state index in [9.17, 15) is 14.7 Å². The van der Waals surface area contributed by atoms with Crippen molar-refractivity contribution in [1.82, 2.24) is 25.2 Å². The van der Waals surface area contributed by atoms with Gasteiger partial charge in [-0.25, -0.2) is 4.68 Å². The fourth-order valence-electron chi connectivity index (χ4n) is 5.01. The molecule has 1 aliphatic carbocycles. The highest BCUT2D eigenvalue weighted by molar-refractivity contribution is 5.89. The molecule has 0 unspecified atom stereocenters. The van der Waals surface area contributed by atoms with Gasteiger partial charge in [0.05, 0.1) is 5.52 Å². The number of phenolic OH excluding ortho intramolecular Hbond substituents is 1. The lowest BCUT2D eigenvalue weighted by molar-refractivity contribution is -0.142. The fourth-order valence-corrected chi connectivity index (χ4v) is 5.01. The van der Waals surface area contributed by atoms with Crippen molar-refractivity contribution in [2.45, 2.75) is 57.3 Å². The molecule has 2 N–H and O–H groups in total. The largest absolute Gasteiger partial charge is 0.508 e. The van der Waals surface area contributed by atoms with Crippen molar-refractivity contribution in [2.24, 2.45) is 0 Å². The SMILES string of the molecule is O=C(NC1CCCCC1)[C@@H](c1ccc(O)cc1)N(Cc1ccccc1)C(=O)Cn1nnc2ccccc21. The first-order valence-corrected chi connectivity index (χ1v) is 12.8. The molecule has 37 heavy (non-hydrogen) atoms. The van der Waals surface area contributed by atoms with Gasteiger partial charge in [-0.1, -0.05) is 79.1 Å². The number of aromatic nitrogens is 3. The van der Waals surface area contributed by atoms with Crippen LogP contribution in [0.2, 0.25) is 0 Å². The van der Waals surface area contributed by atoms with Crippen LogP contribution in [0.4, 0.5) is 0 Å². The summed E-state index contributed by atoms with van der Waals surface area (Å²) >= 11 is 0. The number of nitrogens with zero attached hydrogens (tertiary/aromatic N) is 4. The van der Waals surface area contributed by atoms with Crippen LogP contribution in [0.15, 0.2) is 78.9 Å². The van der Waals surface area contributed by atoms with Gasteiger partial charge in [0.15, 0.2) is 0 Å². The molecule has 5 rings (SSSR count). The second-order valence-corrected chi connectivity index (χ2v) is 9.58. The topological polar surface area (TPSA) is 100 Å². The Morgan fingerprint density at radius 3 is 2.41 bits per heavy atom. The predicted molar refractivity (Wildman–Crippen MR) is 140 cm³/mol. The zero-order valence-electron chi connectivity index (χ0n) is 20.7. The number of aromatic hydroxyl groups is 1. The van der Waals surface area contributed by atoms with E-state index in [-0.39, 0.29) is 36.7 Å². The third-order valence-electron chi connectivity index (χ3n) is 6.94. The van der Waals surface area contributed by atoms with E-state index >= 15 is 0 Å². The van der Waals surface area contributed by atoms with Crippen LogP contribution in [0.25, 0.3) is 11.0 Å². The second-order valence-electron chi connectivity index (χ2n) is 9.58. The molecule has 8 heteroatoms. The van der Waals surface area contributed by atoms with Crippen molar-refractivity contribution in [3.8, 4) is 5.75 Å². The van der Waals surface area contributed by atoms with Gasteiger partial charge in [0.25, 0.3) is 0 Å². The van der Waals surface area contributed by atoms with Crippen LogP contribution < -0.4 is 5.32 Å². The Hall–Kier alpha value is -4.20. The number of hydrogen-bond donors (Lipinski definition) is 2. The third-order valence-corrected chi connectivity index (χ3v) is 6.94. The number of nitrogens with one attached hydrogen (secondary N) is 1. The van der Waals surface area contributed by atoms with Crippen LogP contribution in [-0.4, -0.2) is 42.9 Å². The lowest BCUT2D eigenvalue weighted by Crippen LogP contribution is -2.47. The number of hydrogen-bond acceptors (Lipinski definition) is 5. The molecule has 190 valence electrons. The summed E-state index contributed by atoms with van der Waals surface area (Å²) in [5.74, 6) is -0.369. The molecule has 2 amide bonds. The number of amides is 2. The molecule has 0 bridgehead atoms. The highest BCUT2D eigenvalue weighted by atomic mass is 16.3. The van der Waals surface area contributed by atoms with E-state index in [1.807, 2.05) is 54.6 Å². The van der Waals surface area contributed by atoms with E-state index in [0.29, 0.717) is 11.1 Å². The van der Waals surface area contributed by atoms with Gasteiger partial charge in [0, 0.05) is 12.6 Å². The summed E-state index contributed by atoms with van der Waals surface area (Å²) in [6.45, 7) is 0.189. The number of rotatable bonds is 8. The number of fused-ring (bicyclic) bond motifs is 1. The number of carbonyl (C=O) groups excluding carboxylic acids is 2. The molecule has 0 radical (unpaired) electrons. The van der Waals surface area contributed by atoms with Crippen LogP contribution in [0.1, 0.15) is 49.3 Å². The Bertz CT molecular complexity index is 1350. The van der Waals surface area contributed by atoms with E-state index in [1.165, 1.54) is 6.42 Å². The Morgan fingerprint density at radius 1 is 0.946 bits per heavy atom. The molecule has 1 fully saturated rings. The van der Waals surface area contributed by atoms with E-state index in [1.54, 1.807) is 33.8 Å². The normalized spacial score (nSPS) is 14.8. The lowest BCUT2D eigenvalue weighted by atomic mass is 9.94. The monoisotopic (exact) mass is 497 g/mol. The van der Waals surface area contributed by atoms with E-state index in [2.05, 4.69) is 15.6 Å². The molecule has 8 nitrogen and oxygen atoms in total. The predicted octanol–water partition coefficient (Wildman–Crippen LogP) is 4.36. The third kappa shape index (κ3) is 5.80. The molecule has 1 saturated carbocycles. The quantitative estimate of drug-likeness (QED) is 0.377. The van der Waals surface area contributed by atoms with Gasteiger partial charge < -0.3 is 15.3 Å². The molecule has 4 aromatic rings. The molecule has 0 spiro atoms. The first-order chi connectivity index (χ1) is 18.1. The van der Waals surface area contributed by atoms with Crippen molar-refractivity contribution < 1.29 is 14.7 Å². The zero-order valence-corrected chi connectivity index (χ0v) is 20.7. The summed E-state index contributed by atoms with van der Waals surface area (Å²) in [5, 5.41) is 21.5. The Kier molecular flexibility index (Phi) is 7.44. The van der Waals surface area contributed by atoms with Crippen molar-refractivity contribution >= 4 is 22.8 Å². The van der Waals surface area contributed by atoms with Gasteiger partial charge in [-0.3, -0.25) is 9.59 Å². The summed E-state index contributed by atoms with van der Waals surface area (Å²) in [6.07, 6.45) is 5.22. The van der Waals surface area contributed by atoms with E-state index < -0.39 is 6.04 Å². The first-order valence-electron chi connectivity index (χ1n) is 12.8. The number of carbonyl (C=O) groups is 2. The zero-order chi connectivity index (χ0) is 25.6. The highest BCUT2D eigenvalue weighted by Gasteiger charge is 2.33. The number of phenols is 1. The van der Waals surface area contributed by atoms with Gasteiger partial charge in [0.2, 0.25) is 11.8 Å². The molecule has 3 aromatic carbocycles. The number of benzene rings is 3. The van der Waals surface area contributed by atoms with Gasteiger partial charge in [0.1, 0.15) is 23.9 Å². The van der Waals surface area contributed by atoms with Crippen molar-refractivity contribution in [3.63, 3.8) is 0 Å². The fraction of sp³-hybridized carbons (Fsp3) is 0.310. The van der Waals surface area contributed by atoms with Crippen LogP contribution in [0, 0.1) is 0 Å². The van der Waals surface area contributed by atoms with Gasteiger partial charge in [-0.2, -0.15) is 0 Å². The standard InChI is InChI=1S/C29H31N5O3/c35-24-17-15-22(16-18-24)28(29(37)30-23-11-5-2-6-12-23)33(19-21-9-3-1-4-10-21)27(36)20-34-26-14-8-7-13-25(26)31-32-34/h1,3-4,7-10,13-18,23,28,35H,2,5-6,11-12,19-20H2,(H,30,37)/t28-/m1/s1. The average molecular weight is 498 g/mol. The maximum absolute atomic E-state index is 13.9. The van der Waals surface area contributed by atoms with Gasteiger partial charge in [-0.05, 0) is 48.2 Å². The maximum atomic E-state index is 13.9. The van der Waals surface area contributed by atoms with Crippen LogP contribution in [-0.2, 0) is 22.7 Å². The average Bonchev–Trinajstić information content (AvgIpc) is 3.33. The minimum absolute atomic E-state index is 0.0569. The Balaban J connectivity index is 1.50. The molecular weight excluding hydrogens is 466 g/mol. The van der Waals surface area contributed by atoms with Gasteiger partial charge >= 0.3 is 0 Å². The maximum Gasteiger partial charge on any atom is 0.247 e. The summed E-state index contributed by atoms with van der Waals surface area (Å²) in [4.78, 5) is 29.4. The molecule has 0 saturated heterocycles. The van der Waals surface area contributed by atoms with E-state index in [4.69, 9.17) is 0 Å². The van der Waals surface area contributed by atoms with Crippen LogP contribution in [0.3, 0.4) is 0 Å². The highest BCUT2D eigenvalue weighted by Crippen LogP contribution is 2.27. The summed E-state index contributed by atoms with van der Waals surface area (Å²) in [5.41, 5.74) is 3.01. The molecular formula is C29H31N5O3. The molecule has 1 atom stereocenters. The smallest absolute Gasteiger partial charge is 0.247 e. The summed E-state index contributed by atoms with van der Waals surface area (Å²) in [6, 6.07) is 22.8. The Labute approximate surface area is 215 Å². The minimum Gasteiger partial charge on any atom is -0.508 e. The first kappa shape index (κ1) is 24.5. The summed E-state index contributed by atoms with van der Waals surface area (Å²) in [7, 11) is 0. The van der Waals surface area contributed by atoms with Crippen molar-refractivity contribution in [3.05, 3.63) is 90.0 Å². The molecule has 1 aromatic heterocycles. The van der Waals surface area contributed by atoms with Crippen LogP contribution in [0.5, 0.6) is 5.75 Å². The lowest BCUT2D eigenvalue weighted by Gasteiger charge is -2.33. The summed E-state index contributed by atoms with van der Waals surface area (Å²) < 4.78 is 1.57. The molecule has 1 heterocycles. The van der Waals surface area contributed by atoms with E-state index in [0.717, 1.165) is 36.8 Å². The Morgan fingerprint density at radius 2 is 1.65 bits per heavy atom. The van der Waals surface area contributed by atoms with Crippen molar-refractivity contribution in [1.29, 1.82) is 0 Å². The second kappa shape index (κ2) is 11.2. The van der Waals surface area contributed by atoms with Gasteiger partial charge in [-0.15, -0.1) is 5.10 Å². The van der Waals surface area contributed by atoms with Crippen LogP contribution >= 0.6 is 0 Å². The molecule has 0 aliphatic heterocycles. The molecule has 1 aliphatic rings. The number of para-hydroxylation sites is 1. The van der Waals surface area contributed by atoms with Crippen molar-refractivity contribution in [2.75, 3.05) is 0 Å². The minimum atomic E-state index is -0.870.